The van der Waals surface area contributed by atoms with Gasteiger partial charge in [0, 0.05) is 5.57 Å². The number of hydrogen-bond acceptors (Lipinski definition) is 2. The second-order valence-corrected chi connectivity index (χ2v) is 7.69. The minimum atomic E-state index is -0.0974. The molecule has 0 fully saturated rings. The molecule has 1 N–H and O–H groups in total. The summed E-state index contributed by atoms with van der Waals surface area (Å²) in [5, 5.41) is 3.19. The number of rotatable bonds is 6. The van der Waals surface area contributed by atoms with Crippen LogP contribution in [-0.2, 0) is 4.79 Å². The van der Waals surface area contributed by atoms with Gasteiger partial charge in [-0.2, -0.15) is 0 Å². The largest absolute Gasteiger partial charge is 0.497 e. The Labute approximate surface area is 179 Å². The number of carbonyl (C=O) groups is 1. The molecule has 0 saturated carbocycles. The van der Waals surface area contributed by atoms with Gasteiger partial charge in [-0.15, -0.1) is 0 Å². The van der Waals surface area contributed by atoms with Crippen LogP contribution >= 0.6 is 0 Å². The van der Waals surface area contributed by atoms with Gasteiger partial charge in [0.15, 0.2) is 0 Å². The summed E-state index contributed by atoms with van der Waals surface area (Å²) in [6.07, 6.45) is 1.92. The van der Waals surface area contributed by atoms with Crippen molar-refractivity contribution in [1.82, 2.24) is 5.32 Å². The molecule has 1 amide bonds. The van der Waals surface area contributed by atoms with Crippen LogP contribution in [0.25, 0.3) is 11.6 Å². The van der Waals surface area contributed by atoms with E-state index < -0.39 is 0 Å². The highest BCUT2D eigenvalue weighted by atomic mass is 16.5. The van der Waals surface area contributed by atoms with Gasteiger partial charge in [-0.1, -0.05) is 54.6 Å². The standard InChI is InChI=1S/C27H29NO2/c1-18-15-20(3)25(16-19(18)2)21(4)28-27(29)26(23-9-7-6-8-10-23)17-22-11-13-24(30-5)14-12-22/h6-17,21H,1-5H3,(H,28,29)/b26-17+/t21-/m1/s1. The third-order valence-electron chi connectivity index (χ3n) is 5.45. The fraction of sp³-hybridized carbons (Fsp3) is 0.222. The van der Waals surface area contributed by atoms with Crippen molar-refractivity contribution in [2.45, 2.75) is 33.7 Å². The van der Waals surface area contributed by atoms with Crippen LogP contribution in [-0.4, -0.2) is 13.0 Å². The van der Waals surface area contributed by atoms with Crippen LogP contribution in [0.5, 0.6) is 5.75 Å². The fourth-order valence-corrected chi connectivity index (χ4v) is 3.57. The molecule has 0 saturated heterocycles. The van der Waals surface area contributed by atoms with Gasteiger partial charge in [-0.3, -0.25) is 4.79 Å². The molecule has 0 aliphatic rings. The molecule has 0 spiro atoms. The quantitative estimate of drug-likeness (QED) is 0.405. The maximum absolute atomic E-state index is 13.3. The zero-order valence-corrected chi connectivity index (χ0v) is 18.3. The Hall–Kier alpha value is -3.33. The number of benzene rings is 3. The maximum atomic E-state index is 13.3. The molecule has 0 bridgehead atoms. The molecule has 3 aromatic rings. The molecule has 0 aromatic heterocycles. The van der Waals surface area contributed by atoms with Crippen molar-refractivity contribution in [3.05, 3.63) is 100 Å². The van der Waals surface area contributed by atoms with Crippen LogP contribution in [0.1, 0.15) is 46.3 Å². The third kappa shape index (κ3) is 4.98. The molecule has 154 valence electrons. The lowest BCUT2D eigenvalue weighted by atomic mass is 9.95. The van der Waals surface area contributed by atoms with E-state index in [0.717, 1.165) is 22.4 Å². The van der Waals surface area contributed by atoms with Gasteiger partial charge >= 0.3 is 0 Å². The lowest BCUT2D eigenvalue weighted by Gasteiger charge is -2.19. The molecular formula is C27H29NO2. The van der Waals surface area contributed by atoms with E-state index in [1.165, 1.54) is 16.7 Å². The summed E-state index contributed by atoms with van der Waals surface area (Å²) in [4.78, 5) is 13.3. The lowest BCUT2D eigenvalue weighted by Crippen LogP contribution is -2.28. The van der Waals surface area contributed by atoms with Crippen molar-refractivity contribution >= 4 is 17.6 Å². The first-order valence-electron chi connectivity index (χ1n) is 10.2. The Bertz CT molecular complexity index is 1050. The van der Waals surface area contributed by atoms with E-state index >= 15 is 0 Å². The smallest absolute Gasteiger partial charge is 0.252 e. The third-order valence-corrected chi connectivity index (χ3v) is 5.45. The van der Waals surface area contributed by atoms with E-state index in [0.29, 0.717) is 5.57 Å². The van der Waals surface area contributed by atoms with E-state index in [4.69, 9.17) is 4.74 Å². The van der Waals surface area contributed by atoms with Gasteiger partial charge in [0.05, 0.1) is 13.2 Å². The minimum absolute atomic E-state index is 0.0952. The molecule has 0 aliphatic heterocycles. The number of amides is 1. The number of methoxy groups -OCH3 is 1. The highest BCUT2D eigenvalue weighted by Gasteiger charge is 2.17. The minimum Gasteiger partial charge on any atom is -0.497 e. The predicted molar refractivity (Wildman–Crippen MR) is 125 cm³/mol. The molecule has 0 unspecified atom stereocenters. The van der Waals surface area contributed by atoms with Crippen molar-refractivity contribution < 1.29 is 9.53 Å². The van der Waals surface area contributed by atoms with Gasteiger partial charge < -0.3 is 10.1 Å². The molecule has 0 aliphatic carbocycles. The normalized spacial score (nSPS) is 12.4. The summed E-state index contributed by atoms with van der Waals surface area (Å²) in [5.41, 5.74) is 7.28. The molecule has 3 rings (SSSR count). The summed E-state index contributed by atoms with van der Waals surface area (Å²) in [6, 6.07) is 21.7. The topological polar surface area (TPSA) is 38.3 Å². The zero-order chi connectivity index (χ0) is 21.7. The van der Waals surface area contributed by atoms with Gasteiger partial charge in [0.25, 0.3) is 5.91 Å². The van der Waals surface area contributed by atoms with Crippen LogP contribution in [0.4, 0.5) is 0 Å². The Morgan fingerprint density at radius 2 is 1.53 bits per heavy atom. The van der Waals surface area contributed by atoms with Crippen LogP contribution in [0.15, 0.2) is 66.7 Å². The van der Waals surface area contributed by atoms with E-state index in [-0.39, 0.29) is 11.9 Å². The SMILES string of the molecule is COc1ccc(/C=C(/C(=O)N[C@H](C)c2cc(C)c(C)cc2C)c2ccccc2)cc1. The van der Waals surface area contributed by atoms with Crippen molar-refractivity contribution in [2.75, 3.05) is 7.11 Å². The van der Waals surface area contributed by atoms with Crippen LogP contribution in [0, 0.1) is 20.8 Å². The van der Waals surface area contributed by atoms with Gasteiger partial charge in [-0.05, 0) is 79.3 Å². The second-order valence-electron chi connectivity index (χ2n) is 7.69. The van der Waals surface area contributed by atoms with Gasteiger partial charge in [0.1, 0.15) is 5.75 Å². The molecule has 1 atom stereocenters. The average molecular weight is 400 g/mol. The van der Waals surface area contributed by atoms with Crippen molar-refractivity contribution in [3.63, 3.8) is 0 Å². The number of ether oxygens (including phenoxy) is 1. The lowest BCUT2D eigenvalue weighted by molar-refractivity contribution is -0.116. The molecule has 3 nitrogen and oxygen atoms in total. The van der Waals surface area contributed by atoms with Crippen molar-refractivity contribution in [1.29, 1.82) is 0 Å². The van der Waals surface area contributed by atoms with Gasteiger partial charge in [0.2, 0.25) is 0 Å². The van der Waals surface area contributed by atoms with E-state index in [9.17, 15) is 4.79 Å². The summed E-state index contributed by atoms with van der Waals surface area (Å²) in [5.74, 6) is 0.693. The molecule has 3 heteroatoms. The molecule has 0 heterocycles. The van der Waals surface area contributed by atoms with Gasteiger partial charge in [-0.25, -0.2) is 0 Å². The first-order valence-corrected chi connectivity index (χ1v) is 10.2. The first-order chi connectivity index (χ1) is 14.4. The average Bonchev–Trinajstić information content (AvgIpc) is 2.75. The Morgan fingerprint density at radius 3 is 2.17 bits per heavy atom. The maximum Gasteiger partial charge on any atom is 0.252 e. The van der Waals surface area contributed by atoms with Crippen molar-refractivity contribution in [2.24, 2.45) is 0 Å². The fourth-order valence-electron chi connectivity index (χ4n) is 3.57. The summed E-state index contributed by atoms with van der Waals surface area (Å²) < 4.78 is 5.24. The molecular weight excluding hydrogens is 370 g/mol. The van der Waals surface area contributed by atoms with E-state index in [1.807, 2.05) is 67.6 Å². The number of carbonyl (C=O) groups excluding carboxylic acids is 1. The zero-order valence-electron chi connectivity index (χ0n) is 18.3. The van der Waals surface area contributed by atoms with E-state index in [2.05, 4.69) is 38.2 Å². The van der Waals surface area contributed by atoms with Crippen LogP contribution in [0.3, 0.4) is 0 Å². The van der Waals surface area contributed by atoms with Crippen LogP contribution < -0.4 is 10.1 Å². The van der Waals surface area contributed by atoms with Crippen molar-refractivity contribution in [3.8, 4) is 5.75 Å². The number of aryl methyl sites for hydroxylation is 3. The summed E-state index contributed by atoms with van der Waals surface area (Å²) in [7, 11) is 1.64. The van der Waals surface area contributed by atoms with E-state index in [1.54, 1.807) is 7.11 Å². The summed E-state index contributed by atoms with van der Waals surface area (Å²) in [6.45, 7) is 8.34. The molecule has 3 aromatic carbocycles. The monoisotopic (exact) mass is 399 g/mol. The number of hydrogen-bond donors (Lipinski definition) is 1. The molecule has 0 radical (unpaired) electrons. The Balaban J connectivity index is 1.92. The predicted octanol–water partition coefficient (Wildman–Crippen LogP) is 6.04. The first kappa shape index (κ1) is 21.4. The summed E-state index contributed by atoms with van der Waals surface area (Å²) >= 11 is 0. The Morgan fingerprint density at radius 1 is 0.900 bits per heavy atom. The highest BCUT2D eigenvalue weighted by molar-refractivity contribution is 6.24. The number of nitrogens with one attached hydrogen (secondary N) is 1. The molecule has 30 heavy (non-hydrogen) atoms. The Kier molecular flexibility index (Phi) is 6.73. The highest BCUT2D eigenvalue weighted by Crippen LogP contribution is 2.25. The van der Waals surface area contributed by atoms with Crippen LogP contribution in [0.2, 0.25) is 0 Å². The second kappa shape index (κ2) is 9.45.